The van der Waals surface area contributed by atoms with Crippen molar-refractivity contribution < 1.29 is 29.0 Å². The van der Waals surface area contributed by atoms with E-state index in [0.29, 0.717) is 35.0 Å². The number of ether oxygens (including phenoxy) is 2. The average molecular weight is 539 g/mol. The predicted octanol–water partition coefficient (Wildman–Crippen LogP) is 3.36. The SMILES string of the molecule is COc1ccc(NC(=O)N(C)C[C@H]2Oc3ccc(NC(=O)C4CC4)cc3CC(=O)N([C@@H](C)CO)C[C@H]2C)cc1. The van der Waals surface area contributed by atoms with E-state index in [1.54, 1.807) is 73.3 Å². The molecule has 210 valence electrons. The number of rotatable bonds is 8. The largest absolute Gasteiger partial charge is 0.497 e. The van der Waals surface area contributed by atoms with E-state index in [-0.39, 0.29) is 55.3 Å². The van der Waals surface area contributed by atoms with Gasteiger partial charge in [0.2, 0.25) is 11.8 Å². The molecule has 10 heteroatoms. The van der Waals surface area contributed by atoms with Crippen LogP contribution in [0.2, 0.25) is 0 Å². The second-order valence-corrected chi connectivity index (χ2v) is 10.5. The number of nitrogens with one attached hydrogen (secondary N) is 2. The lowest BCUT2D eigenvalue weighted by Gasteiger charge is -2.34. The van der Waals surface area contributed by atoms with Gasteiger partial charge >= 0.3 is 6.03 Å². The molecule has 0 spiro atoms. The maximum absolute atomic E-state index is 13.4. The molecule has 0 saturated heterocycles. The Bertz CT molecular complexity index is 1180. The summed E-state index contributed by atoms with van der Waals surface area (Å²) in [6.45, 7) is 4.23. The molecule has 1 fully saturated rings. The number of anilines is 2. The monoisotopic (exact) mass is 538 g/mol. The minimum absolute atomic E-state index is 0.0169. The molecule has 0 radical (unpaired) electrons. The third-order valence-corrected chi connectivity index (χ3v) is 7.27. The number of aliphatic hydroxyl groups excluding tert-OH is 1. The molecule has 2 aromatic rings. The summed E-state index contributed by atoms with van der Waals surface area (Å²) >= 11 is 0. The summed E-state index contributed by atoms with van der Waals surface area (Å²) in [5.41, 5.74) is 1.90. The summed E-state index contributed by atoms with van der Waals surface area (Å²) in [5.74, 6) is 0.978. The first-order chi connectivity index (χ1) is 18.7. The number of nitrogens with zero attached hydrogens (tertiary/aromatic N) is 2. The maximum Gasteiger partial charge on any atom is 0.321 e. The first-order valence-electron chi connectivity index (χ1n) is 13.4. The summed E-state index contributed by atoms with van der Waals surface area (Å²) in [6.07, 6.45) is 1.42. The molecule has 3 N–H and O–H groups in total. The van der Waals surface area contributed by atoms with Crippen LogP contribution in [0.15, 0.2) is 42.5 Å². The molecule has 0 bridgehead atoms. The first-order valence-corrected chi connectivity index (χ1v) is 13.4. The molecule has 39 heavy (non-hydrogen) atoms. The van der Waals surface area contributed by atoms with E-state index in [1.807, 2.05) is 6.92 Å². The molecule has 1 aliphatic heterocycles. The van der Waals surface area contributed by atoms with Gasteiger partial charge in [-0.15, -0.1) is 0 Å². The van der Waals surface area contributed by atoms with Gasteiger partial charge in [-0.3, -0.25) is 9.59 Å². The Kier molecular flexibility index (Phi) is 8.96. The van der Waals surface area contributed by atoms with Gasteiger partial charge in [-0.2, -0.15) is 0 Å². The zero-order valence-corrected chi connectivity index (χ0v) is 23.0. The van der Waals surface area contributed by atoms with Gasteiger partial charge in [-0.05, 0) is 62.2 Å². The highest BCUT2D eigenvalue weighted by Crippen LogP contribution is 2.32. The Hall–Kier alpha value is -3.79. The number of benzene rings is 2. The second kappa shape index (κ2) is 12.4. The van der Waals surface area contributed by atoms with E-state index in [4.69, 9.17) is 9.47 Å². The lowest BCUT2D eigenvalue weighted by Crippen LogP contribution is -2.48. The number of methoxy groups -OCH3 is 1. The number of fused-ring (bicyclic) bond motifs is 1. The predicted molar refractivity (Wildman–Crippen MR) is 148 cm³/mol. The van der Waals surface area contributed by atoms with Crippen LogP contribution in [0.5, 0.6) is 11.5 Å². The quantitative estimate of drug-likeness (QED) is 0.474. The highest BCUT2D eigenvalue weighted by atomic mass is 16.5. The van der Waals surface area contributed by atoms with Crippen LogP contribution in [0.4, 0.5) is 16.2 Å². The summed E-state index contributed by atoms with van der Waals surface area (Å²) in [7, 11) is 3.27. The molecule has 0 aromatic heterocycles. The number of amides is 4. The van der Waals surface area contributed by atoms with E-state index in [2.05, 4.69) is 10.6 Å². The summed E-state index contributed by atoms with van der Waals surface area (Å²) in [4.78, 5) is 41.9. The maximum atomic E-state index is 13.4. The van der Waals surface area contributed by atoms with Gasteiger partial charge in [0.15, 0.2) is 0 Å². The summed E-state index contributed by atoms with van der Waals surface area (Å²) in [6, 6.07) is 11.7. The second-order valence-electron chi connectivity index (χ2n) is 10.5. The lowest BCUT2D eigenvalue weighted by atomic mass is 10.0. The van der Waals surface area contributed by atoms with Crippen LogP contribution in [-0.4, -0.2) is 78.8 Å². The third kappa shape index (κ3) is 7.20. The van der Waals surface area contributed by atoms with Crippen LogP contribution in [0.25, 0.3) is 0 Å². The lowest BCUT2D eigenvalue weighted by molar-refractivity contribution is -0.134. The van der Waals surface area contributed by atoms with Crippen LogP contribution in [0.1, 0.15) is 32.3 Å². The van der Waals surface area contributed by atoms with E-state index < -0.39 is 6.10 Å². The van der Waals surface area contributed by atoms with Crippen molar-refractivity contribution in [1.82, 2.24) is 9.80 Å². The molecule has 0 unspecified atom stereocenters. The van der Waals surface area contributed by atoms with Gasteiger partial charge < -0.3 is 35.0 Å². The van der Waals surface area contributed by atoms with Crippen LogP contribution >= 0.6 is 0 Å². The number of carbonyl (C=O) groups excluding carboxylic acids is 3. The van der Waals surface area contributed by atoms with Crippen LogP contribution < -0.4 is 20.1 Å². The Balaban J connectivity index is 1.55. The number of hydrogen-bond acceptors (Lipinski definition) is 6. The van der Waals surface area contributed by atoms with Crippen molar-refractivity contribution in [1.29, 1.82) is 0 Å². The van der Waals surface area contributed by atoms with Crippen molar-refractivity contribution in [2.45, 2.75) is 45.3 Å². The van der Waals surface area contributed by atoms with Crippen molar-refractivity contribution in [3.05, 3.63) is 48.0 Å². The molecule has 2 aliphatic rings. The molecule has 1 aliphatic carbocycles. The van der Waals surface area contributed by atoms with E-state index >= 15 is 0 Å². The molecule has 4 rings (SSSR count). The van der Waals surface area contributed by atoms with Gasteiger partial charge in [0, 0.05) is 42.4 Å². The van der Waals surface area contributed by atoms with Crippen molar-refractivity contribution in [3.63, 3.8) is 0 Å². The van der Waals surface area contributed by atoms with Crippen LogP contribution in [0.3, 0.4) is 0 Å². The van der Waals surface area contributed by atoms with Gasteiger partial charge in [-0.25, -0.2) is 4.79 Å². The van der Waals surface area contributed by atoms with Gasteiger partial charge in [0.05, 0.1) is 32.7 Å². The fourth-order valence-electron chi connectivity index (χ4n) is 4.56. The Morgan fingerprint density at radius 3 is 2.49 bits per heavy atom. The summed E-state index contributed by atoms with van der Waals surface area (Å²) in [5, 5.41) is 15.6. The number of likely N-dealkylation sites (N-methyl/N-ethyl adjacent to an activating group) is 1. The minimum atomic E-state index is -0.443. The van der Waals surface area contributed by atoms with Crippen molar-refractivity contribution in [2.75, 3.05) is 44.5 Å². The Morgan fingerprint density at radius 2 is 1.85 bits per heavy atom. The molecule has 10 nitrogen and oxygen atoms in total. The fourth-order valence-corrected chi connectivity index (χ4v) is 4.56. The van der Waals surface area contributed by atoms with Crippen LogP contribution in [0, 0.1) is 11.8 Å². The summed E-state index contributed by atoms with van der Waals surface area (Å²) < 4.78 is 11.6. The smallest absolute Gasteiger partial charge is 0.321 e. The Labute approximate surface area is 229 Å². The van der Waals surface area contributed by atoms with E-state index in [0.717, 1.165) is 12.8 Å². The van der Waals surface area contributed by atoms with Crippen LogP contribution in [-0.2, 0) is 16.0 Å². The third-order valence-electron chi connectivity index (χ3n) is 7.27. The molecule has 2 aromatic carbocycles. The van der Waals surface area contributed by atoms with Crippen molar-refractivity contribution in [2.24, 2.45) is 11.8 Å². The number of carbonyl (C=O) groups is 3. The molecular formula is C29H38N4O6. The molecule has 3 atom stereocenters. The zero-order valence-electron chi connectivity index (χ0n) is 23.0. The number of urea groups is 1. The van der Waals surface area contributed by atoms with Crippen molar-refractivity contribution >= 4 is 29.2 Å². The molecular weight excluding hydrogens is 500 g/mol. The highest BCUT2D eigenvalue weighted by Gasteiger charge is 2.33. The normalized spacial score (nSPS) is 19.9. The highest BCUT2D eigenvalue weighted by molar-refractivity contribution is 5.94. The topological polar surface area (TPSA) is 120 Å². The fraction of sp³-hybridized carbons (Fsp3) is 0.483. The Morgan fingerprint density at radius 1 is 1.15 bits per heavy atom. The van der Waals surface area contributed by atoms with Gasteiger partial charge in [0.25, 0.3) is 0 Å². The van der Waals surface area contributed by atoms with Gasteiger partial charge in [-0.1, -0.05) is 6.92 Å². The van der Waals surface area contributed by atoms with E-state index in [9.17, 15) is 19.5 Å². The molecule has 1 saturated carbocycles. The standard InChI is InChI=1S/C29H38N4O6/c1-18-15-33(19(2)17-34)27(35)14-21-13-23(30-28(36)20-5-6-20)9-12-25(21)39-26(18)16-32(3)29(37)31-22-7-10-24(38-4)11-8-22/h7-13,18-20,26,34H,5-6,14-17H2,1-4H3,(H,30,36)(H,31,37)/t18-,19+,26-/m1/s1. The average Bonchev–Trinajstić information content (AvgIpc) is 3.77. The molecule has 1 heterocycles. The number of hydrogen-bond donors (Lipinski definition) is 3. The van der Waals surface area contributed by atoms with Crippen molar-refractivity contribution in [3.8, 4) is 11.5 Å². The minimum Gasteiger partial charge on any atom is -0.497 e. The number of aliphatic hydroxyl groups is 1. The zero-order chi connectivity index (χ0) is 28.1. The molecule has 4 amide bonds. The first kappa shape index (κ1) is 28.2. The van der Waals surface area contributed by atoms with E-state index in [1.165, 1.54) is 0 Å². The van der Waals surface area contributed by atoms with Gasteiger partial charge in [0.1, 0.15) is 17.6 Å².